The van der Waals surface area contributed by atoms with E-state index in [1.807, 2.05) is 67.8 Å². The molecule has 0 aliphatic carbocycles. The van der Waals surface area contributed by atoms with E-state index < -0.39 is 0 Å². The normalized spacial score (nSPS) is 10.3. The van der Waals surface area contributed by atoms with Crippen molar-refractivity contribution in [3.63, 3.8) is 0 Å². The fraction of sp³-hybridized carbons (Fsp3) is 0.0588. The molecule has 23 heavy (non-hydrogen) atoms. The molecule has 3 aromatic rings. The van der Waals surface area contributed by atoms with Crippen molar-refractivity contribution < 1.29 is 4.79 Å². The molecule has 2 aromatic carbocycles. The number of anilines is 2. The quantitative estimate of drug-likeness (QED) is 0.713. The maximum absolute atomic E-state index is 11.9. The number of urea groups is 1. The van der Waals surface area contributed by atoms with Crippen molar-refractivity contribution in [3.8, 4) is 11.3 Å². The molecule has 0 atom stereocenters. The molecule has 0 unspecified atom stereocenters. The van der Waals surface area contributed by atoms with Crippen LogP contribution < -0.4 is 10.6 Å². The highest BCUT2D eigenvalue weighted by molar-refractivity contribution is 9.10. The molecule has 0 saturated carbocycles. The van der Waals surface area contributed by atoms with E-state index in [9.17, 15) is 4.79 Å². The van der Waals surface area contributed by atoms with Crippen molar-refractivity contribution in [2.75, 3.05) is 10.6 Å². The van der Waals surface area contributed by atoms with Crippen molar-refractivity contribution in [2.24, 2.45) is 7.05 Å². The summed E-state index contributed by atoms with van der Waals surface area (Å²) in [5.74, 6) is 0. The van der Waals surface area contributed by atoms with Crippen LogP contribution in [0.2, 0.25) is 0 Å². The van der Waals surface area contributed by atoms with Gasteiger partial charge in [0.15, 0.2) is 0 Å². The molecule has 2 N–H and O–H groups in total. The predicted molar refractivity (Wildman–Crippen MR) is 95.4 cm³/mol. The molecule has 1 aromatic heterocycles. The maximum atomic E-state index is 11.9. The Morgan fingerprint density at radius 1 is 1.00 bits per heavy atom. The predicted octanol–water partition coefficient (Wildman–Crippen LogP) is 4.49. The average molecular weight is 371 g/mol. The third kappa shape index (κ3) is 3.78. The topological polar surface area (TPSA) is 59.0 Å². The number of benzene rings is 2. The number of hydrogen-bond donors (Lipinski definition) is 2. The summed E-state index contributed by atoms with van der Waals surface area (Å²) in [6.07, 6.45) is 1.90. The van der Waals surface area contributed by atoms with Crippen LogP contribution in [0.25, 0.3) is 11.3 Å². The summed E-state index contributed by atoms with van der Waals surface area (Å²) >= 11 is 3.49. The third-order valence-corrected chi connectivity index (χ3v) is 3.81. The van der Waals surface area contributed by atoms with Gasteiger partial charge in [-0.05, 0) is 40.2 Å². The van der Waals surface area contributed by atoms with Crippen molar-refractivity contribution in [1.82, 2.24) is 9.78 Å². The Labute approximate surface area is 142 Å². The first-order valence-corrected chi connectivity index (χ1v) is 7.84. The smallest absolute Gasteiger partial charge is 0.308 e. The van der Waals surface area contributed by atoms with E-state index in [0.29, 0.717) is 5.69 Å². The largest absolute Gasteiger partial charge is 0.323 e. The first-order valence-electron chi connectivity index (χ1n) is 7.04. The Balaban J connectivity index is 1.68. The van der Waals surface area contributed by atoms with Gasteiger partial charge >= 0.3 is 6.03 Å². The molecular weight excluding hydrogens is 356 g/mol. The summed E-state index contributed by atoms with van der Waals surface area (Å²) in [6, 6.07) is 16.6. The van der Waals surface area contributed by atoms with Gasteiger partial charge in [0.2, 0.25) is 0 Å². The second-order valence-electron chi connectivity index (χ2n) is 5.02. The van der Waals surface area contributed by atoms with E-state index >= 15 is 0 Å². The molecule has 1 heterocycles. The number of rotatable bonds is 3. The summed E-state index contributed by atoms with van der Waals surface area (Å²) in [7, 11) is 1.87. The van der Waals surface area contributed by atoms with Crippen LogP contribution >= 0.6 is 15.9 Å². The summed E-state index contributed by atoms with van der Waals surface area (Å²) in [5.41, 5.74) is 3.31. The Morgan fingerprint density at radius 3 is 2.17 bits per heavy atom. The molecule has 2 amide bonds. The number of hydrogen-bond acceptors (Lipinski definition) is 2. The second-order valence-corrected chi connectivity index (χ2v) is 5.88. The summed E-state index contributed by atoms with van der Waals surface area (Å²) in [6.45, 7) is 0. The SMILES string of the molecule is Cn1cc(Br)c(-c2ccc(NC(=O)Nc3ccccc3)cc2)n1. The number of nitrogens with zero attached hydrogens (tertiary/aromatic N) is 2. The monoisotopic (exact) mass is 370 g/mol. The van der Waals surface area contributed by atoms with Crippen LogP contribution in [-0.4, -0.2) is 15.8 Å². The van der Waals surface area contributed by atoms with Crippen LogP contribution in [-0.2, 0) is 7.05 Å². The standard InChI is InChI=1S/C17H15BrN4O/c1-22-11-15(18)16(21-22)12-7-9-14(10-8-12)20-17(23)19-13-5-3-2-4-6-13/h2-11H,1H3,(H2,19,20,23). The Bertz CT molecular complexity index is 812. The van der Waals surface area contributed by atoms with Gasteiger partial charge in [-0.25, -0.2) is 4.79 Å². The number of aryl methyl sites for hydroxylation is 1. The molecule has 0 aliphatic heterocycles. The van der Waals surface area contributed by atoms with Crippen molar-refractivity contribution in [3.05, 3.63) is 65.3 Å². The van der Waals surface area contributed by atoms with Crippen molar-refractivity contribution >= 4 is 33.3 Å². The van der Waals surface area contributed by atoms with Gasteiger partial charge in [-0.1, -0.05) is 30.3 Å². The number of aromatic nitrogens is 2. The minimum Gasteiger partial charge on any atom is -0.308 e. The first-order chi connectivity index (χ1) is 11.1. The molecule has 3 rings (SSSR count). The van der Waals surface area contributed by atoms with E-state index in [4.69, 9.17) is 0 Å². The van der Waals surface area contributed by atoms with Crippen molar-refractivity contribution in [1.29, 1.82) is 0 Å². The summed E-state index contributed by atoms with van der Waals surface area (Å²) in [5, 5.41) is 9.97. The maximum Gasteiger partial charge on any atom is 0.323 e. The summed E-state index contributed by atoms with van der Waals surface area (Å²) in [4.78, 5) is 11.9. The van der Waals surface area contributed by atoms with Crippen LogP contribution in [0.1, 0.15) is 0 Å². The van der Waals surface area contributed by atoms with Gasteiger partial charge < -0.3 is 10.6 Å². The zero-order valence-corrected chi connectivity index (χ0v) is 14.0. The first kappa shape index (κ1) is 15.3. The zero-order chi connectivity index (χ0) is 16.2. The molecule has 0 spiro atoms. The molecule has 0 aliphatic rings. The van der Waals surface area contributed by atoms with Crippen LogP contribution in [0.15, 0.2) is 65.3 Å². The van der Waals surface area contributed by atoms with Crippen LogP contribution in [0.4, 0.5) is 16.2 Å². The van der Waals surface area contributed by atoms with Gasteiger partial charge in [-0.2, -0.15) is 5.10 Å². The lowest BCUT2D eigenvalue weighted by atomic mass is 10.1. The Morgan fingerprint density at radius 2 is 1.61 bits per heavy atom. The van der Waals surface area contributed by atoms with E-state index in [1.54, 1.807) is 4.68 Å². The molecule has 116 valence electrons. The Hall–Kier alpha value is -2.60. The lowest BCUT2D eigenvalue weighted by molar-refractivity contribution is 0.262. The summed E-state index contributed by atoms with van der Waals surface area (Å²) < 4.78 is 2.68. The number of halogens is 1. The van der Waals surface area contributed by atoms with Gasteiger partial charge in [0, 0.05) is 30.2 Å². The zero-order valence-electron chi connectivity index (χ0n) is 12.5. The highest BCUT2D eigenvalue weighted by Gasteiger charge is 2.08. The molecule has 6 heteroatoms. The fourth-order valence-electron chi connectivity index (χ4n) is 2.18. The van der Waals surface area contributed by atoms with Gasteiger partial charge in [0.25, 0.3) is 0 Å². The minimum absolute atomic E-state index is 0.275. The van der Waals surface area contributed by atoms with Gasteiger partial charge in [0.1, 0.15) is 5.69 Å². The van der Waals surface area contributed by atoms with E-state index in [2.05, 4.69) is 31.7 Å². The van der Waals surface area contributed by atoms with Gasteiger partial charge in [0.05, 0.1) is 4.47 Å². The second kappa shape index (κ2) is 6.66. The highest BCUT2D eigenvalue weighted by atomic mass is 79.9. The number of para-hydroxylation sites is 1. The number of carbonyl (C=O) groups excluding carboxylic acids is 1. The van der Waals surface area contributed by atoms with Crippen LogP contribution in [0.3, 0.4) is 0 Å². The molecule has 0 radical (unpaired) electrons. The molecule has 5 nitrogen and oxygen atoms in total. The van der Waals surface area contributed by atoms with Gasteiger partial charge in [-0.3, -0.25) is 4.68 Å². The molecule has 0 bridgehead atoms. The van der Waals surface area contributed by atoms with Crippen LogP contribution in [0, 0.1) is 0 Å². The third-order valence-electron chi connectivity index (χ3n) is 3.23. The molecule has 0 saturated heterocycles. The lowest BCUT2D eigenvalue weighted by Gasteiger charge is -2.08. The van der Waals surface area contributed by atoms with Gasteiger partial charge in [-0.15, -0.1) is 0 Å². The molecule has 0 fully saturated rings. The average Bonchev–Trinajstić information content (AvgIpc) is 2.87. The highest BCUT2D eigenvalue weighted by Crippen LogP contribution is 2.27. The molecular formula is C17H15BrN4O. The van der Waals surface area contributed by atoms with E-state index in [-0.39, 0.29) is 6.03 Å². The fourth-order valence-corrected chi connectivity index (χ4v) is 2.79. The van der Waals surface area contributed by atoms with Crippen molar-refractivity contribution in [2.45, 2.75) is 0 Å². The number of carbonyl (C=O) groups is 1. The number of amides is 2. The Kier molecular flexibility index (Phi) is 4.43. The minimum atomic E-state index is -0.275. The van der Waals surface area contributed by atoms with E-state index in [1.165, 1.54) is 0 Å². The van der Waals surface area contributed by atoms with Crippen LogP contribution in [0.5, 0.6) is 0 Å². The lowest BCUT2D eigenvalue weighted by Crippen LogP contribution is -2.19. The van der Waals surface area contributed by atoms with E-state index in [0.717, 1.165) is 21.4 Å². The number of nitrogens with one attached hydrogen (secondary N) is 2.